The van der Waals surface area contributed by atoms with Gasteiger partial charge in [0.1, 0.15) is 0 Å². The van der Waals surface area contributed by atoms with Crippen molar-refractivity contribution in [2.75, 3.05) is 13.2 Å². The van der Waals surface area contributed by atoms with E-state index in [0.29, 0.717) is 18.3 Å². The summed E-state index contributed by atoms with van der Waals surface area (Å²) in [6, 6.07) is 4.14. The lowest BCUT2D eigenvalue weighted by Gasteiger charge is -2.12. The van der Waals surface area contributed by atoms with E-state index in [0.717, 1.165) is 44.9 Å². The van der Waals surface area contributed by atoms with Gasteiger partial charge in [0.05, 0.1) is 29.9 Å². The van der Waals surface area contributed by atoms with Gasteiger partial charge in [0.15, 0.2) is 0 Å². The number of carboxylic acids is 1. The Morgan fingerprint density at radius 1 is 0.742 bits per heavy atom. The topological polar surface area (TPSA) is 89.9 Å². The lowest BCUT2D eigenvalue weighted by atomic mass is 10.0. The molecule has 0 radical (unpaired) electrons. The molecule has 0 aliphatic heterocycles. The quantitative estimate of drug-likeness (QED) is 0.264. The van der Waals surface area contributed by atoms with Gasteiger partial charge < -0.3 is 14.6 Å². The maximum atomic E-state index is 12.6. The normalized spacial score (nSPS) is 11.0. The zero-order valence-corrected chi connectivity index (χ0v) is 19.4. The molecule has 0 heterocycles. The molecule has 0 fully saturated rings. The Balaban J connectivity index is 2.69. The molecule has 1 aromatic carbocycles. The predicted octanol–water partition coefficient (Wildman–Crippen LogP) is 6.13. The van der Waals surface area contributed by atoms with Crippen LogP contribution < -0.4 is 0 Å². The molecule has 0 aromatic heterocycles. The predicted molar refractivity (Wildman–Crippen MR) is 121 cm³/mol. The van der Waals surface area contributed by atoms with Crippen LogP contribution in [0.2, 0.25) is 0 Å². The summed E-state index contributed by atoms with van der Waals surface area (Å²) in [5.74, 6) is -1.51. The monoisotopic (exact) mass is 434 g/mol. The van der Waals surface area contributed by atoms with Crippen molar-refractivity contribution in [3.05, 3.63) is 34.9 Å². The molecule has 0 aliphatic rings. The van der Waals surface area contributed by atoms with E-state index < -0.39 is 17.9 Å². The van der Waals surface area contributed by atoms with Crippen LogP contribution >= 0.6 is 0 Å². The van der Waals surface area contributed by atoms with Gasteiger partial charge in [-0.25, -0.2) is 14.4 Å². The van der Waals surface area contributed by atoms with Gasteiger partial charge in [0.2, 0.25) is 0 Å². The molecule has 0 unspecified atom stereocenters. The van der Waals surface area contributed by atoms with Gasteiger partial charge in [-0.15, -0.1) is 0 Å². The fourth-order valence-corrected chi connectivity index (χ4v) is 3.26. The lowest BCUT2D eigenvalue weighted by molar-refractivity contribution is 0.0445. The van der Waals surface area contributed by atoms with Crippen LogP contribution in [-0.2, 0) is 9.47 Å². The number of ether oxygens (including phenoxy) is 2. The summed E-state index contributed by atoms with van der Waals surface area (Å²) in [5.41, 5.74) is -0.551. The van der Waals surface area contributed by atoms with Gasteiger partial charge in [-0.3, -0.25) is 0 Å². The maximum absolute atomic E-state index is 12.6. The molecule has 1 N–H and O–H groups in total. The van der Waals surface area contributed by atoms with Crippen LogP contribution in [0.5, 0.6) is 0 Å². The van der Waals surface area contributed by atoms with E-state index in [9.17, 15) is 19.5 Å². The molecular formula is C25H38O6. The largest absolute Gasteiger partial charge is 0.478 e. The van der Waals surface area contributed by atoms with Crippen molar-refractivity contribution in [2.24, 2.45) is 11.8 Å². The Hall–Kier alpha value is -2.37. The minimum Gasteiger partial charge on any atom is -0.478 e. The first-order valence-electron chi connectivity index (χ1n) is 11.4. The van der Waals surface area contributed by atoms with E-state index in [1.807, 2.05) is 0 Å². The molecule has 0 amide bonds. The second kappa shape index (κ2) is 14.6. The fraction of sp³-hybridized carbons (Fsp3) is 0.640. The molecule has 6 nitrogen and oxygen atoms in total. The molecule has 174 valence electrons. The molecule has 6 heteroatoms. The molecule has 0 bridgehead atoms. The molecule has 0 atom stereocenters. The zero-order chi connectivity index (χ0) is 23.2. The average Bonchev–Trinajstić information content (AvgIpc) is 2.71. The Kier molecular flexibility index (Phi) is 12.6. The summed E-state index contributed by atoms with van der Waals surface area (Å²) >= 11 is 0. The van der Waals surface area contributed by atoms with Crippen molar-refractivity contribution in [2.45, 2.75) is 79.1 Å². The van der Waals surface area contributed by atoms with Crippen molar-refractivity contribution < 1.29 is 29.0 Å². The second-order valence-corrected chi connectivity index (χ2v) is 8.79. The van der Waals surface area contributed by atoms with Crippen molar-refractivity contribution >= 4 is 17.9 Å². The number of unbranched alkanes of at least 4 members (excludes halogenated alkanes) is 4. The van der Waals surface area contributed by atoms with Gasteiger partial charge in [-0.2, -0.15) is 0 Å². The first kappa shape index (κ1) is 26.7. The lowest BCUT2D eigenvalue weighted by Crippen LogP contribution is -2.19. The van der Waals surface area contributed by atoms with Gasteiger partial charge in [0.25, 0.3) is 0 Å². The average molecular weight is 435 g/mol. The van der Waals surface area contributed by atoms with Crippen LogP contribution in [0.3, 0.4) is 0 Å². The molecule has 0 aliphatic carbocycles. The van der Waals surface area contributed by atoms with E-state index in [-0.39, 0.29) is 29.9 Å². The standard InChI is InChI=1S/C25H38O6/c1-18(2)12-7-5-9-16-30-24(28)21-15-11-14-20(23(26)27)22(21)25(29)31-17-10-6-8-13-19(3)4/h11,14-15,18-19H,5-10,12-13,16-17H2,1-4H3,(H,26,27). The number of carboxylic acid groups (broad SMARTS) is 1. The summed E-state index contributed by atoms with van der Waals surface area (Å²) < 4.78 is 10.6. The second-order valence-electron chi connectivity index (χ2n) is 8.79. The number of rotatable bonds is 15. The molecule has 0 saturated heterocycles. The number of hydrogen-bond donors (Lipinski definition) is 1. The summed E-state index contributed by atoms with van der Waals surface area (Å²) in [6.45, 7) is 9.08. The van der Waals surface area contributed by atoms with Gasteiger partial charge in [0, 0.05) is 0 Å². The summed E-state index contributed by atoms with van der Waals surface area (Å²) in [6.07, 6.45) is 7.67. The van der Waals surface area contributed by atoms with E-state index in [4.69, 9.17) is 9.47 Å². The third-order valence-corrected chi connectivity index (χ3v) is 5.04. The fourth-order valence-electron chi connectivity index (χ4n) is 3.26. The van der Waals surface area contributed by atoms with Crippen LogP contribution in [-0.4, -0.2) is 36.2 Å². The third kappa shape index (κ3) is 10.5. The van der Waals surface area contributed by atoms with Crippen LogP contribution in [0, 0.1) is 11.8 Å². The zero-order valence-electron chi connectivity index (χ0n) is 19.4. The Morgan fingerprint density at radius 3 is 1.71 bits per heavy atom. The van der Waals surface area contributed by atoms with Crippen molar-refractivity contribution in [1.82, 2.24) is 0 Å². The van der Waals surface area contributed by atoms with E-state index in [2.05, 4.69) is 27.7 Å². The highest BCUT2D eigenvalue weighted by Crippen LogP contribution is 2.19. The highest BCUT2D eigenvalue weighted by Gasteiger charge is 2.26. The van der Waals surface area contributed by atoms with Crippen LogP contribution in [0.4, 0.5) is 0 Å². The van der Waals surface area contributed by atoms with Crippen molar-refractivity contribution in [1.29, 1.82) is 0 Å². The van der Waals surface area contributed by atoms with Crippen molar-refractivity contribution in [3.63, 3.8) is 0 Å². The first-order valence-corrected chi connectivity index (χ1v) is 11.4. The number of carbonyl (C=O) groups is 3. The van der Waals surface area contributed by atoms with Crippen LogP contribution in [0.15, 0.2) is 18.2 Å². The number of benzene rings is 1. The Bertz CT molecular complexity index is 708. The first-order chi connectivity index (χ1) is 14.7. The number of hydrogen-bond acceptors (Lipinski definition) is 5. The Labute approximate surface area is 186 Å². The molecule has 0 spiro atoms. The SMILES string of the molecule is CC(C)CCCCCOC(=O)c1cccc(C(=O)O)c1C(=O)OCCCCCC(C)C. The highest BCUT2D eigenvalue weighted by atomic mass is 16.5. The van der Waals surface area contributed by atoms with Crippen molar-refractivity contribution in [3.8, 4) is 0 Å². The minimum absolute atomic E-state index is 0.0631. The summed E-state index contributed by atoms with van der Waals surface area (Å²) in [4.78, 5) is 36.8. The highest BCUT2D eigenvalue weighted by molar-refractivity contribution is 6.10. The number of aromatic carboxylic acids is 1. The van der Waals surface area contributed by atoms with Gasteiger partial charge in [-0.05, 0) is 36.8 Å². The molecule has 31 heavy (non-hydrogen) atoms. The summed E-state index contributed by atoms with van der Waals surface area (Å²) in [5, 5.41) is 9.47. The number of carbonyl (C=O) groups excluding carboxylic acids is 2. The Morgan fingerprint density at radius 2 is 1.23 bits per heavy atom. The number of esters is 2. The minimum atomic E-state index is -1.28. The van der Waals surface area contributed by atoms with Crippen LogP contribution in [0.25, 0.3) is 0 Å². The van der Waals surface area contributed by atoms with E-state index in [1.165, 1.54) is 18.2 Å². The molecule has 1 rings (SSSR count). The summed E-state index contributed by atoms with van der Waals surface area (Å²) in [7, 11) is 0. The maximum Gasteiger partial charge on any atom is 0.339 e. The molecule has 0 saturated carbocycles. The van der Waals surface area contributed by atoms with Gasteiger partial charge >= 0.3 is 17.9 Å². The molecule has 1 aromatic rings. The van der Waals surface area contributed by atoms with E-state index >= 15 is 0 Å². The smallest absolute Gasteiger partial charge is 0.339 e. The van der Waals surface area contributed by atoms with Gasteiger partial charge in [-0.1, -0.05) is 72.3 Å². The molecular weight excluding hydrogens is 396 g/mol. The van der Waals surface area contributed by atoms with Crippen LogP contribution in [0.1, 0.15) is 110 Å². The van der Waals surface area contributed by atoms with E-state index in [1.54, 1.807) is 0 Å². The third-order valence-electron chi connectivity index (χ3n) is 5.04.